The molecular formula is C27H25N3O4. The van der Waals surface area contributed by atoms with Gasteiger partial charge in [-0.2, -0.15) is 0 Å². The lowest BCUT2D eigenvalue weighted by Crippen LogP contribution is -2.22. The van der Waals surface area contributed by atoms with E-state index >= 15 is 0 Å². The predicted molar refractivity (Wildman–Crippen MR) is 130 cm³/mol. The molecule has 1 saturated heterocycles. The van der Waals surface area contributed by atoms with Gasteiger partial charge in [0, 0.05) is 39.8 Å². The van der Waals surface area contributed by atoms with Gasteiger partial charge < -0.3 is 19.0 Å². The van der Waals surface area contributed by atoms with Gasteiger partial charge in [-0.1, -0.05) is 37.3 Å². The zero-order valence-corrected chi connectivity index (χ0v) is 19.3. The van der Waals surface area contributed by atoms with Crippen molar-refractivity contribution in [3.05, 3.63) is 71.5 Å². The summed E-state index contributed by atoms with van der Waals surface area (Å²) >= 11 is 0. The second kappa shape index (κ2) is 7.41. The highest BCUT2D eigenvalue weighted by molar-refractivity contribution is 6.50. The number of aromatic amines is 1. The van der Waals surface area contributed by atoms with E-state index in [9.17, 15) is 9.59 Å². The average molecular weight is 456 g/mol. The van der Waals surface area contributed by atoms with Crippen molar-refractivity contribution in [2.24, 2.45) is 0 Å². The van der Waals surface area contributed by atoms with Gasteiger partial charge in [0.2, 0.25) is 0 Å². The van der Waals surface area contributed by atoms with E-state index < -0.39 is 5.79 Å². The minimum absolute atomic E-state index is 0.337. The molecule has 0 bridgehead atoms. The number of fused-ring (bicyclic) bond motifs is 2. The van der Waals surface area contributed by atoms with Crippen LogP contribution in [0.25, 0.3) is 33.0 Å². The minimum Gasteiger partial charge on any atom is -0.361 e. The Balaban J connectivity index is 1.65. The Morgan fingerprint density at radius 1 is 1.03 bits per heavy atom. The van der Waals surface area contributed by atoms with Crippen LogP contribution in [0.5, 0.6) is 0 Å². The number of hydrogen-bond acceptors (Lipinski definition) is 4. The molecule has 34 heavy (non-hydrogen) atoms. The van der Waals surface area contributed by atoms with E-state index in [1.165, 1.54) is 0 Å². The van der Waals surface area contributed by atoms with Crippen molar-refractivity contribution >= 4 is 44.8 Å². The van der Waals surface area contributed by atoms with Crippen molar-refractivity contribution in [2.75, 3.05) is 6.61 Å². The lowest BCUT2D eigenvalue weighted by Gasteiger charge is -2.18. The van der Waals surface area contributed by atoms with E-state index in [-0.39, 0.29) is 18.0 Å². The number of carbonyl (C=O) groups is 2. The van der Waals surface area contributed by atoms with E-state index in [0.29, 0.717) is 23.3 Å². The Kier molecular flexibility index (Phi) is 4.56. The number of para-hydroxylation sites is 1. The molecule has 1 fully saturated rings. The van der Waals surface area contributed by atoms with Gasteiger partial charge in [-0.05, 0) is 38.0 Å². The smallest absolute Gasteiger partial charge is 0.259 e. The summed E-state index contributed by atoms with van der Waals surface area (Å²) < 4.78 is 14.0. The van der Waals surface area contributed by atoms with Crippen LogP contribution in [-0.4, -0.2) is 33.8 Å². The van der Waals surface area contributed by atoms with E-state index in [1.54, 1.807) is 6.20 Å². The molecule has 4 heterocycles. The molecule has 7 nitrogen and oxygen atoms in total. The number of amides is 2. The average Bonchev–Trinajstić information content (AvgIpc) is 3.56. The number of benzene rings is 2. The van der Waals surface area contributed by atoms with Gasteiger partial charge in [-0.3, -0.25) is 14.9 Å². The number of aromatic nitrogens is 2. The van der Waals surface area contributed by atoms with Crippen LogP contribution >= 0.6 is 0 Å². The van der Waals surface area contributed by atoms with Crippen LogP contribution in [0, 0.1) is 0 Å². The molecule has 172 valence electrons. The second-order valence-corrected chi connectivity index (χ2v) is 9.18. The number of nitrogens with zero attached hydrogens (tertiary/aromatic N) is 1. The van der Waals surface area contributed by atoms with Crippen molar-refractivity contribution < 1.29 is 19.1 Å². The maximum Gasteiger partial charge on any atom is 0.259 e. The van der Waals surface area contributed by atoms with Crippen LogP contribution < -0.4 is 5.32 Å². The molecular weight excluding hydrogens is 430 g/mol. The quantitative estimate of drug-likeness (QED) is 0.443. The molecule has 0 radical (unpaired) electrons. The number of hydrogen-bond donors (Lipinski definition) is 2. The third kappa shape index (κ3) is 3.04. The first kappa shape index (κ1) is 20.9. The minimum atomic E-state index is -0.695. The summed E-state index contributed by atoms with van der Waals surface area (Å²) in [6, 6.07) is 13.9. The van der Waals surface area contributed by atoms with Gasteiger partial charge in [-0.25, -0.2) is 0 Å². The number of rotatable bonds is 4. The number of carbonyl (C=O) groups excluding carboxylic acids is 2. The Labute approximate surface area is 196 Å². The van der Waals surface area contributed by atoms with Crippen LogP contribution in [0.2, 0.25) is 0 Å². The lowest BCUT2D eigenvalue weighted by molar-refractivity contribution is -0.147. The van der Waals surface area contributed by atoms with Crippen LogP contribution in [0.1, 0.15) is 43.7 Å². The summed E-state index contributed by atoms with van der Waals surface area (Å²) in [5.41, 5.74) is 5.16. The molecule has 2 aromatic heterocycles. The molecule has 7 heteroatoms. The molecule has 1 atom stereocenters. The first-order valence-electron chi connectivity index (χ1n) is 11.5. The number of imide groups is 1. The summed E-state index contributed by atoms with van der Waals surface area (Å²) in [5.74, 6) is -1.47. The normalized spacial score (nSPS) is 20.1. The van der Waals surface area contributed by atoms with E-state index in [4.69, 9.17) is 9.47 Å². The molecule has 2 N–H and O–H groups in total. The van der Waals surface area contributed by atoms with Gasteiger partial charge >= 0.3 is 0 Å². The van der Waals surface area contributed by atoms with Gasteiger partial charge in [0.15, 0.2) is 12.0 Å². The van der Waals surface area contributed by atoms with Crippen LogP contribution in [0.3, 0.4) is 0 Å². The highest BCUT2D eigenvalue weighted by Gasteiger charge is 2.38. The van der Waals surface area contributed by atoms with Crippen LogP contribution in [0.15, 0.2) is 54.9 Å². The van der Waals surface area contributed by atoms with Gasteiger partial charge in [0.1, 0.15) is 0 Å². The fraction of sp³-hybridized carbons (Fsp3) is 0.259. The summed E-state index contributed by atoms with van der Waals surface area (Å²) in [4.78, 5) is 29.6. The highest BCUT2D eigenvalue weighted by Crippen LogP contribution is 2.41. The number of H-pyrrole nitrogens is 1. The van der Waals surface area contributed by atoms with Gasteiger partial charge in [0.25, 0.3) is 11.8 Å². The zero-order chi connectivity index (χ0) is 23.6. The molecule has 6 rings (SSSR count). The molecule has 0 spiro atoms. The molecule has 0 saturated carbocycles. The monoisotopic (exact) mass is 455 g/mol. The van der Waals surface area contributed by atoms with Crippen molar-refractivity contribution in [2.45, 2.75) is 39.2 Å². The van der Waals surface area contributed by atoms with Gasteiger partial charge in [-0.15, -0.1) is 0 Å². The maximum absolute atomic E-state index is 13.2. The van der Waals surface area contributed by atoms with E-state index in [1.807, 2.05) is 61.0 Å². The predicted octanol–water partition coefficient (Wildman–Crippen LogP) is 4.53. The zero-order valence-electron chi connectivity index (χ0n) is 19.3. The summed E-state index contributed by atoms with van der Waals surface area (Å²) in [6.45, 7) is 6.25. The molecule has 2 amide bonds. The number of aryl methyl sites for hydroxylation is 1. The first-order valence-corrected chi connectivity index (χ1v) is 11.5. The summed E-state index contributed by atoms with van der Waals surface area (Å²) in [6.07, 6.45) is 4.18. The van der Waals surface area contributed by atoms with Gasteiger partial charge in [0.05, 0.1) is 23.3 Å². The molecule has 4 aromatic rings. The fourth-order valence-electron chi connectivity index (χ4n) is 5.16. The summed E-state index contributed by atoms with van der Waals surface area (Å²) in [7, 11) is 0. The van der Waals surface area contributed by atoms with Crippen LogP contribution in [0.4, 0.5) is 0 Å². The van der Waals surface area contributed by atoms with Crippen molar-refractivity contribution in [1.82, 2.24) is 14.9 Å². The summed E-state index contributed by atoms with van der Waals surface area (Å²) in [5, 5.41) is 4.38. The third-order valence-corrected chi connectivity index (χ3v) is 6.69. The molecule has 0 aliphatic carbocycles. The van der Waals surface area contributed by atoms with E-state index in [0.717, 1.165) is 39.4 Å². The molecule has 2 aliphatic heterocycles. The van der Waals surface area contributed by atoms with Crippen molar-refractivity contribution in [3.8, 4) is 0 Å². The topological polar surface area (TPSA) is 85.4 Å². The molecule has 1 unspecified atom stereocenters. The largest absolute Gasteiger partial charge is 0.361 e. The highest BCUT2D eigenvalue weighted by atomic mass is 16.7. The van der Waals surface area contributed by atoms with E-state index in [2.05, 4.69) is 23.3 Å². The third-order valence-electron chi connectivity index (χ3n) is 6.69. The van der Waals surface area contributed by atoms with Crippen LogP contribution in [-0.2, 0) is 25.5 Å². The fourth-order valence-corrected chi connectivity index (χ4v) is 5.16. The molecule has 2 aliphatic rings. The first-order chi connectivity index (χ1) is 16.4. The lowest BCUT2D eigenvalue weighted by atomic mass is 9.93. The van der Waals surface area contributed by atoms with Crippen molar-refractivity contribution in [3.63, 3.8) is 0 Å². The standard InChI is InChI=1S/C27H25N3O4/c1-4-15-8-7-11-20-22(15)18(13-30(20)21-14-33-27(2,3)34-21)24-23(25(31)29-26(24)32)17-12-28-19-10-6-5-9-16(17)19/h5-13,21,28H,4,14H2,1-3H3,(H,29,31,32). The SMILES string of the molecule is CCc1cccc2c1c(C1=C(c3c[nH]c4ccccc34)C(=O)NC1=O)cn2C1COC(C)(C)O1. The second-order valence-electron chi connectivity index (χ2n) is 9.18. The Morgan fingerprint density at radius 2 is 1.79 bits per heavy atom. The number of ether oxygens (including phenoxy) is 2. The molecule has 2 aromatic carbocycles. The maximum atomic E-state index is 13.2. The Morgan fingerprint density at radius 3 is 2.53 bits per heavy atom. The van der Waals surface area contributed by atoms with Crippen molar-refractivity contribution in [1.29, 1.82) is 0 Å². The number of nitrogens with one attached hydrogen (secondary N) is 2. The Hall–Kier alpha value is -3.68. The Bertz CT molecular complexity index is 1520.